The second-order valence-corrected chi connectivity index (χ2v) is 9.30. The van der Waals surface area contributed by atoms with Gasteiger partial charge in [0.2, 0.25) is 0 Å². The lowest BCUT2D eigenvalue weighted by Crippen LogP contribution is -2.10. The topological polar surface area (TPSA) is 81.4 Å². The van der Waals surface area contributed by atoms with Gasteiger partial charge in [-0.3, -0.25) is 14.0 Å². The van der Waals surface area contributed by atoms with Crippen LogP contribution in [0.4, 0.5) is 0 Å². The highest BCUT2D eigenvalue weighted by atomic mass is 16.1. The van der Waals surface area contributed by atoms with Crippen LogP contribution in [0.1, 0.15) is 17.0 Å². The van der Waals surface area contributed by atoms with Gasteiger partial charge in [-0.15, -0.1) is 0 Å². The molecule has 0 spiro atoms. The summed E-state index contributed by atoms with van der Waals surface area (Å²) in [7, 11) is 1.89. The lowest BCUT2D eigenvalue weighted by Gasteiger charge is -2.04. The normalized spacial score (nSPS) is 11.3. The van der Waals surface area contributed by atoms with Gasteiger partial charge in [-0.1, -0.05) is 54.6 Å². The van der Waals surface area contributed by atoms with E-state index in [1.54, 1.807) is 17.2 Å². The van der Waals surface area contributed by atoms with Crippen LogP contribution in [-0.2, 0) is 24.7 Å². The maximum atomic E-state index is 12.9. The monoisotopic (exact) mass is 486 g/mol. The maximum absolute atomic E-state index is 12.9. The summed E-state index contributed by atoms with van der Waals surface area (Å²) in [5.41, 5.74) is 7.85. The first-order valence-corrected chi connectivity index (χ1v) is 12.2. The summed E-state index contributed by atoms with van der Waals surface area (Å²) in [6.07, 6.45) is 6.28. The minimum absolute atomic E-state index is 0.160. The minimum atomic E-state index is 0.160. The molecule has 0 fully saturated rings. The number of hydrogen-bond acceptors (Lipinski definition) is 4. The van der Waals surface area contributed by atoms with Crippen molar-refractivity contribution in [3.05, 3.63) is 108 Å². The highest BCUT2D eigenvalue weighted by molar-refractivity contribution is 5.91. The molecule has 0 radical (unpaired) electrons. The van der Waals surface area contributed by atoms with Crippen LogP contribution in [-0.4, -0.2) is 35.1 Å². The Hall–Kier alpha value is -4.78. The molecule has 0 aliphatic rings. The predicted molar refractivity (Wildman–Crippen MR) is 144 cm³/mol. The molecule has 37 heavy (non-hydrogen) atoms. The largest absolute Gasteiger partial charge is 0.354 e. The number of carbonyl (C=O) groups is 1. The van der Waals surface area contributed by atoms with Gasteiger partial charge in [0, 0.05) is 54.6 Å². The molecule has 2 aromatic carbocycles. The summed E-state index contributed by atoms with van der Waals surface area (Å²) in [6, 6.07) is 24.3. The molecule has 4 aromatic heterocycles. The van der Waals surface area contributed by atoms with Gasteiger partial charge in [-0.25, -0.2) is 9.97 Å². The number of imidazole rings is 1. The standard InChI is InChI=1S/C30H26N6O/c1-20-18-36(19-32-20)30-26-17-28(33-27(26)12-13-31-30)23-10-8-21(9-11-23)14-25(37)15-24-16-29(34-35(24)2)22-6-4-3-5-7-22/h3-13,16-19,33H,14-15H2,1-2H3. The zero-order valence-electron chi connectivity index (χ0n) is 20.7. The number of aryl methyl sites for hydroxylation is 2. The van der Waals surface area contributed by atoms with E-state index in [0.29, 0.717) is 12.8 Å². The van der Waals surface area contributed by atoms with E-state index in [1.165, 1.54) is 0 Å². The molecular formula is C30H26N6O. The van der Waals surface area contributed by atoms with Crippen molar-refractivity contribution >= 4 is 16.7 Å². The number of hydrogen-bond donors (Lipinski definition) is 1. The molecule has 182 valence electrons. The van der Waals surface area contributed by atoms with Gasteiger partial charge < -0.3 is 4.98 Å². The number of aromatic nitrogens is 6. The summed E-state index contributed by atoms with van der Waals surface area (Å²) in [6.45, 7) is 1.96. The fourth-order valence-corrected chi connectivity index (χ4v) is 4.65. The van der Waals surface area contributed by atoms with Crippen LogP contribution < -0.4 is 0 Å². The van der Waals surface area contributed by atoms with Crippen molar-refractivity contribution < 1.29 is 4.79 Å². The van der Waals surface area contributed by atoms with Crippen LogP contribution in [0.25, 0.3) is 39.2 Å². The van der Waals surface area contributed by atoms with Crippen LogP contribution in [0.15, 0.2) is 91.5 Å². The Labute approximate surface area is 214 Å². The summed E-state index contributed by atoms with van der Waals surface area (Å²) >= 11 is 0. The lowest BCUT2D eigenvalue weighted by molar-refractivity contribution is -0.117. The van der Waals surface area contributed by atoms with Crippen LogP contribution in [0.2, 0.25) is 0 Å². The Morgan fingerprint density at radius 3 is 2.49 bits per heavy atom. The van der Waals surface area contributed by atoms with Gasteiger partial charge in [0.05, 0.1) is 16.9 Å². The number of pyridine rings is 1. The third kappa shape index (κ3) is 4.59. The quantitative estimate of drug-likeness (QED) is 0.324. The molecule has 0 saturated carbocycles. The van der Waals surface area contributed by atoms with Crippen LogP contribution in [0, 0.1) is 6.92 Å². The Kier molecular flexibility index (Phi) is 5.73. The fraction of sp³-hybridized carbons (Fsp3) is 0.133. The zero-order valence-corrected chi connectivity index (χ0v) is 20.7. The second-order valence-electron chi connectivity index (χ2n) is 9.30. The number of H-pyrrole nitrogens is 1. The van der Waals surface area contributed by atoms with Crippen molar-refractivity contribution in [2.45, 2.75) is 19.8 Å². The Morgan fingerprint density at radius 1 is 0.919 bits per heavy atom. The maximum Gasteiger partial charge on any atom is 0.147 e. The van der Waals surface area contributed by atoms with Gasteiger partial charge in [-0.05, 0) is 36.2 Å². The van der Waals surface area contributed by atoms with Crippen molar-refractivity contribution in [3.8, 4) is 28.3 Å². The average Bonchev–Trinajstić information content (AvgIpc) is 3.63. The lowest BCUT2D eigenvalue weighted by atomic mass is 10.0. The van der Waals surface area contributed by atoms with Gasteiger partial charge in [0.25, 0.3) is 0 Å². The third-order valence-corrected chi connectivity index (χ3v) is 6.57. The first-order chi connectivity index (χ1) is 18.0. The van der Waals surface area contributed by atoms with E-state index in [-0.39, 0.29) is 5.78 Å². The number of Topliss-reactive ketones (excluding diaryl/α,β-unsaturated/α-hetero) is 1. The summed E-state index contributed by atoms with van der Waals surface area (Å²) in [5, 5.41) is 5.61. The molecule has 6 rings (SSSR count). The molecule has 0 aliphatic heterocycles. The number of rotatable bonds is 7. The second kappa shape index (κ2) is 9.35. The van der Waals surface area contributed by atoms with Crippen LogP contribution in [0.5, 0.6) is 0 Å². The van der Waals surface area contributed by atoms with Gasteiger partial charge in [0.1, 0.15) is 17.9 Å². The zero-order chi connectivity index (χ0) is 25.4. The molecule has 4 heterocycles. The molecule has 0 bridgehead atoms. The van der Waals surface area contributed by atoms with E-state index in [9.17, 15) is 4.79 Å². The molecular weight excluding hydrogens is 460 g/mol. The van der Waals surface area contributed by atoms with Gasteiger partial charge in [0.15, 0.2) is 0 Å². The van der Waals surface area contributed by atoms with Crippen molar-refractivity contribution in [1.29, 1.82) is 0 Å². The summed E-state index contributed by atoms with van der Waals surface area (Å²) in [5.74, 6) is 1.00. The van der Waals surface area contributed by atoms with E-state index < -0.39 is 0 Å². The number of fused-ring (bicyclic) bond motifs is 1. The van der Waals surface area contributed by atoms with E-state index in [2.05, 4.69) is 38.2 Å². The first kappa shape index (κ1) is 22.7. The first-order valence-electron chi connectivity index (χ1n) is 12.2. The van der Waals surface area contributed by atoms with Gasteiger partial charge in [-0.2, -0.15) is 5.10 Å². The van der Waals surface area contributed by atoms with Crippen molar-refractivity contribution in [2.24, 2.45) is 7.05 Å². The number of nitrogens with zero attached hydrogens (tertiary/aromatic N) is 5. The Bertz CT molecular complexity index is 1710. The molecule has 7 heteroatoms. The third-order valence-electron chi connectivity index (χ3n) is 6.57. The van der Waals surface area contributed by atoms with E-state index in [1.807, 2.05) is 79.3 Å². The molecule has 7 nitrogen and oxygen atoms in total. The number of carbonyl (C=O) groups excluding carboxylic acids is 1. The SMILES string of the molecule is Cc1cn(-c2nccc3[nH]c(-c4ccc(CC(=O)Cc5cc(-c6ccccc6)nn5C)cc4)cc23)cn1. The highest BCUT2D eigenvalue weighted by Crippen LogP contribution is 2.28. The molecule has 0 unspecified atom stereocenters. The van der Waals surface area contributed by atoms with Crippen molar-refractivity contribution in [2.75, 3.05) is 0 Å². The molecule has 6 aromatic rings. The average molecular weight is 487 g/mol. The minimum Gasteiger partial charge on any atom is -0.354 e. The number of benzene rings is 2. The van der Waals surface area contributed by atoms with E-state index in [4.69, 9.17) is 0 Å². The predicted octanol–water partition coefficient (Wildman–Crippen LogP) is 5.48. The molecule has 0 saturated heterocycles. The summed E-state index contributed by atoms with van der Waals surface area (Å²) < 4.78 is 3.74. The number of ketones is 1. The van der Waals surface area contributed by atoms with Crippen molar-refractivity contribution in [1.82, 2.24) is 29.3 Å². The van der Waals surface area contributed by atoms with Gasteiger partial charge >= 0.3 is 0 Å². The van der Waals surface area contributed by atoms with E-state index >= 15 is 0 Å². The molecule has 1 N–H and O–H groups in total. The molecule has 0 atom stereocenters. The van der Waals surface area contributed by atoms with E-state index in [0.717, 1.165) is 56.2 Å². The number of nitrogens with one attached hydrogen (secondary N) is 1. The fourth-order valence-electron chi connectivity index (χ4n) is 4.65. The summed E-state index contributed by atoms with van der Waals surface area (Å²) in [4.78, 5) is 25.2. The van der Waals surface area contributed by atoms with Crippen LogP contribution in [0.3, 0.4) is 0 Å². The Balaban J connectivity index is 1.17. The molecule has 0 aliphatic carbocycles. The molecule has 0 amide bonds. The Morgan fingerprint density at radius 2 is 1.73 bits per heavy atom. The highest BCUT2D eigenvalue weighted by Gasteiger charge is 2.13. The number of aromatic amines is 1. The van der Waals surface area contributed by atoms with Crippen molar-refractivity contribution in [3.63, 3.8) is 0 Å². The smallest absolute Gasteiger partial charge is 0.147 e. The van der Waals surface area contributed by atoms with Crippen LogP contribution >= 0.6 is 0 Å².